The first-order valence-corrected chi connectivity index (χ1v) is 7.03. The van der Waals surface area contributed by atoms with Crippen molar-refractivity contribution in [1.82, 2.24) is 5.32 Å². The SMILES string of the molecule is COc1cccc(C(=O)NCB2OC(C)(C)C(C)(C)O2)c1. The van der Waals surface area contributed by atoms with E-state index in [0.29, 0.717) is 17.8 Å². The van der Waals surface area contributed by atoms with Gasteiger partial charge in [-0.3, -0.25) is 4.79 Å². The number of carbonyl (C=O) groups is 1. The van der Waals surface area contributed by atoms with Crippen molar-refractivity contribution in [2.45, 2.75) is 38.9 Å². The maximum absolute atomic E-state index is 12.1. The van der Waals surface area contributed by atoms with E-state index in [1.54, 1.807) is 31.4 Å². The van der Waals surface area contributed by atoms with E-state index in [2.05, 4.69) is 5.32 Å². The molecule has 1 heterocycles. The minimum absolute atomic E-state index is 0.177. The molecule has 6 heteroatoms. The smallest absolute Gasteiger partial charge is 0.478 e. The van der Waals surface area contributed by atoms with Gasteiger partial charge in [-0.25, -0.2) is 0 Å². The van der Waals surface area contributed by atoms with Crippen LogP contribution in [0.15, 0.2) is 24.3 Å². The molecule has 1 aliphatic heterocycles. The maximum atomic E-state index is 12.1. The fourth-order valence-corrected chi connectivity index (χ4v) is 2.09. The Morgan fingerprint density at radius 3 is 2.43 bits per heavy atom. The number of methoxy groups -OCH3 is 1. The van der Waals surface area contributed by atoms with Gasteiger partial charge in [-0.2, -0.15) is 0 Å². The van der Waals surface area contributed by atoms with Crippen LogP contribution in [-0.2, 0) is 9.31 Å². The zero-order chi connectivity index (χ0) is 15.7. The van der Waals surface area contributed by atoms with E-state index in [1.165, 1.54) is 0 Å². The van der Waals surface area contributed by atoms with Crippen LogP contribution < -0.4 is 10.1 Å². The molecule has 0 aliphatic carbocycles. The van der Waals surface area contributed by atoms with Gasteiger partial charge in [0.25, 0.3) is 5.91 Å². The lowest BCUT2D eigenvalue weighted by molar-refractivity contribution is 0.00578. The molecule has 1 aromatic rings. The summed E-state index contributed by atoms with van der Waals surface area (Å²) in [7, 11) is 1.13. The summed E-state index contributed by atoms with van der Waals surface area (Å²) in [6.07, 6.45) is 0.308. The molecule has 21 heavy (non-hydrogen) atoms. The van der Waals surface area contributed by atoms with Crippen molar-refractivity contribution in [2.75, 3.05) is 13.6 Å². The minimum atomic E-state index is -0.440. The van der Waals surface area contributed by atoms with Gasteiger partial charge in [-0.1, -0.05) is 6.07 Å². The van der Waals surface area contributed by atoms with Gasteiger partial charge < -0.3 is 19.4 Å². The Hall–Kier alpha value is -1.53. The van der Waals surface area contributed by atoms with Gasteiger partial charge in [0.05, 0.1) is 24.8 Å². The summed E-state index contributed by atoms with van der Waals surface area (Å²) in [5.74, 6) is 0.474. The Morgan fingerprint density at radius 1 is 1.24 bits per heavy atom. The lowest BCUT2D eigenvalue weighted by Crippen LogP contribution is -2.41. The highest BCUT2D eigenvalue weighted by Gasteiger charge is 2.50. The van der Waals surface area contributed by atoms with Crippen LogP contribution in [0.5, 0.6) is 5.75 Å². The van der Waals surface area contributed by atoms with Gasteiger partial charge in [-0.15, -0.1) is 0 Å². The lowest BCUT2D eigenvalue weighted by Gasteiger charge is -2.32. The molecule has 1 aromatic carbocycles. The monoisotopic (exact) mass is 291 g/mol. The molecule has 0 spiro atoms. The summed E-state index contributed by atoms with van der Waals surface area (Å²) >= 11 is 0. The molecule has 0 atom stereocenters. The van der Waals surface area contributed by atoms with Crippen molar-refractivity contribution in [3.8, 4) is 5.75 Å². The third kappa shape index (κ3) is 3.39. The molecule has 114 valence electrons. The number of hydrogen-bond acceptors (Lipinski definition) is 4. The third-order valence-corrected chi connectivity index (χ3v) is 4.06. The molecule has 0 aromatic heterocycles. The Balaban J connectivity index is 1.93. The number of amides is 1. The Bertz CT molecular complexity index is 514. The standard InChI is InChI=1S/C15H22BNO4/c1-14(2)15(3,4)21-16(20-14)10-17-13(18)11-7-6-8-12(9-11)19-5/h6-9H,10H2,1-5H3,(H,17,18). The van der Waals surface area contributed by atoms with Crippen LogP contribution in [-0.4, -0.2) is 37.8 Å². The number of nitrogens with one attached hydrogen (secondary N) is 1. The zero-order valence-electron chi connectivity index (χ0n) is 13.2. The van der Waals surface area contributed by atoms with E-state index >= 15 is 0 Å². The first-order chi connectivity index (χ1) is 9.75. The van der Waals surface area contributed by atoms with Crippen LogP contribution in [0.1, 0.15) is 38.1 Å². The second-order valence-electron chi connectivity index (χ2n) is 6.13. The number of hydrogen-bond donors (Lipinski definition) is 1. The first-order valence-electron chi connectivity index (χ1n) is 7.03. The van der Waals surface area contributed by atoms with E-state index in [0.717, 1.165) is 0 Å². The molecule has 0 unspecified atom stereocenters. The maximum Gasteiger partial charge on any atom is 0.478 e. The average molecular weight is 291 g/mol. The van der Waals surface area contributed by atoms with Crippen LogP contribution in [0, 0.1) is 0 Å². The van der Waals surface area contributed by atoms with E-state index in [1.807, 2.05) is 27.7 Å². The highest BCUT2D eigenvalue weighted by Crippen LogP contribution is 2.36. The molecule has 0 radical (unpaired) electrons. The Kier molecular flexibility index (Phi) is 4.30. The molecule has 5 nitrogen and oxygen atoms in total. The van der Waals surface area contributed by atoms with Crippen LogP contribution in [0.4, 0.5) is 0 Å². The molecule has 0 bridgehead atoms. The molecular formula is C15H22BNO4. The average Bonchev–Trinajstić information content (AvgIpc) is 2.64. The lowest BCUT2D eigenvalue weighted by atomic mass is 9.90. The number of ether oxygens (including phenoxy) is 1. The second-order valence-corrected chi connectivity index (χ2v) is 6.13. The van der Waals surface area contributed by atoms with Crippen LogP contribution >= 0.6 is 0 Å². The normalized spacial score (nSPS) is 19.4. The molecular weight excluding hydrogens is 269 g/mol. The Morgan fingerprint density at radius 2 is 1.86 bits per heavy atom. The van der Waals surface area contributed by atoms with Gasteiger partial charge >= 0.3 is 7.12 Å². The highest BCUT2D eigenvalue weighted by molar-refractivity contribution is 6.46. The summed E-state index contributed by atoms with van der Waals surface area (Å²) in [5, 5.41) is 2.82. The summed E-state index contributed by atoms with van der Waals surface area (Å²) < 4.78 is 16.8. The van der Waals surface area contributed by atoms with Gasteiger partial charge in [0.1, 0.15) is 5.75 Å². The minimum Gasteiger partial charge on any atom is -0.497 e. The topological polar surface area (TPSA) is 56.8 Å². The predicted molar refractivity (Wildman–Crippen MR) is 81.4 cm³/mol. The molecule has 1 fully saturated rings. The predicted octanol–water partition coefficient (Wildman–Crippen LogP) is 2.06. The van der Waals surface area contributed by atoms with Crippen molar-refractivity contribution in [1.29, 1.82) is 0 Å². The third-order valence-electron chi connectivity index (χ3n) is 4.06. The van der Waals surface area contributed by atoms with Gasteiger partial charge in [-0.05, 0) is 45.9 Å². The van der Waals surface area contributed by atoms with Crippen LogP contribution in [0.2, 0.25) is 0 Å². The number of benzene rings is 1. The molecule has 0 saturated carbocycles. The molecule has 1 aliphatic rings. The van der Waals surface area contributed by atoms with E-state index < -0.39 is 18.3 Å². The van der Waals surface area contributed by atoms with Crippen molar-refractivity contribution >= 4 is 13.0 Å². The highest BCUT2D eigenvalue weighted by atomic mass is 16.7. The summed E-state index contributed by atoms with van der Waals surface area (Å²) in [5.41, 5.74) is -0.234. The van der Waals surface area contributed by atoms with E-state index in [4.69, 9.17) is 14.0 Å². The summed E-state index contributed by atoms with van der Waals surface area (Å²) in [6.45, 7) is 7.93. The molecule has 1 amide bonds. The van der Waals surface area contributed by atoms with Crippen LogP contribution in [0.25, 0.3) is 0 Å². The molecule has 2 rings (SSSR count). The Labute approximate surface area is 126 Å². The van der Waals surface area contributed by atoms with Crippen molar-refractivity contribution in [3.63, 3.8) is 0 Å². The number of rotatable bonds is 4. The largest absolute Gasteiger partial charge is 0.497 e. The quantitative estimate of drug-likeness (QED) is 0.863. The van der Waals surface area contributed by atoms with Gasteiger partial charge in [0.2, 0.25) is 0 Å². The first kappa shape index (κ1) is 15.9. The number of carbonyl (C=O) groups excluding carboxylic acids is 1. The molecule has 1 saturated heterocycles. The summed E-state index contributed by atoms with van der Waals surface area (Å²) in [6, 6.07) is 7.01. The van der Waals surface area contributed by atoms with Crippen molar-refractivity contribution < 1.29 is 18.8 Å². The van der Waals surface area contributed by atoms with Gasteiger partial charge in [0.15, 0.2) is 0 Å². The van der Waals surface area contributed by atoms with Crippen molar-refractivity contribution in [2.24, 2.45) is 0 Å². The van der Waals surface area contributed by atoms with Crippen molar-refractivity contribution in [3.05, 3.63) is 29.8 Å². The van der Waals surface area contributed by atoms with E-state index in [9.17, 15) is 4.79 Å². The van der Waals surface area contributed by atoms with Crippen LogP contribution in [0.3, 0.4) is 0 Å². The fourth-order valence-electron chi connectivity index (χ4n) is 2.09. The second kappa shape index (κ2) is 5.69. The zero-order valence-corrected chi connectivity index (χ0v) is 13.2. The summed E-state index contributed by atoms with van der Waals surface area (Å²) in [4.78, 5) is 12.1. The van der Waals surface area contributed by atoms with E-state index in [-0.39, 0.29) is 5.91 Å². The fraction of sp³-hybridized carbons (Fsp3) is 0.533. The molecule has 1 N–H and O–H groups in total. The van der Waals surface area contributed by atoms with Gasteiger partial charge in [0, 0.05) is 5.56 Å².